The van der Waals surface area contributed by atoms with Crippen LogP contribution in [0.1, 0.15) is 18.2 Å². The summed E-state index contributed by atoms with van der Waals surface area (Å²) in [6.07, 6.45) is -3.78. The van der Waals surface area contributed by atoms with E-state index in [0.29, 0.717) is 22.6 Å². The first-order valence-corrected chi connectivity index (χ1v) is 10.9. The molecule has 4 aromatic rings. The molecule has 1 amide bonds. The number of carbonyl (C=O) groups is 1. The van der Waals surface area contributed by atoms with E-state index in [9.17, 15) is 23.6 Å². The Morgan fingerprint density at radius 1 is 1.17 bits per heavy atom. The number of halogens is 2. The van der Waals surface area contributed by atoms with Crippen LogP contribution in [0.5, 0.6) is 11.5 Å². The Morgan fingerprint density at radius 3 is 2.69 bits per heavy atom. The number of fused-ring (bicyclic) bond motifs is 2. The smallest absolute Gasteiger partial charge is 0.459 e. The normalized spacial score (nSPS) is 13.5. The lowest BCUT2D eigenvalue weighted by molar-refractivity contribution is -0.286. The molecule has 0 saturated heterocycles. The molecule has 1 aliphatic heterocycles. The molecule has 3 heterocycles. The number of rotatable bonds is 5. The second kappa shape index (κ2) is 8.49. The third-order valence-electron chi connectivity index (χ3n) is 5.62. The minimum Gasteiger partial charge on any atom is -0.459 e. The number of carbonyl (C=O) groups excluding carboxylic acids is 1. The maximum atomic E-state index is 13.4. The molecule has 0 radical (unpaired) electrons. The lowest BCUT2D eigenvalue weighted by Crippen LogP contribution is -2.37. The van der Waals surface area contributed by atoms with Gasteiger partial charge in [-0.2, -0.15) is 10.4 Å². The minimum absolute atomic E-state index is 0.143. The van der Waals surface area contributed by atoms with Gasteiger partial charge in [-0.25, -0.2) is 4.68 Å². The molecule has 5 rings (SSSR count). The summed E-state index contributed by atoms with van der Waals surface area (Å²) in [7, 11) is 0. The van der Waals surface area contributed by atoms with Gasteiger partial charge in [0.1, 0.15) is 18.0 Å². The quantitative estimate of drug-likeness (QED) is 0.410. The van der Waals surface area contributed by atoms with E-state index in [1.807, 2.05) is 0 Å². The van der Waals surface area contributed by atoms with Gasteiger partial charge in [0, 0.05) is 23.9 Å². The van der Waals surface area contributed by atoms with Crippen LogP contribution in [0, 0.1) is 18.3 Å². The highest BCUT2D eigenvalue weighted by Gasteiger charge is 2.43. The van der Waals surface area contributed by atoms with Crippen molar-refractivity contribution in [3.05, 3.63) is 70.2 Å². The molecule has 182 valence electrons. The lowest BCUT2D eigenvalue weighted by atomic mass is 10.1. The van der Waals surface area contributed by atoms with Gasteiger partial charge in [-0.05, 0) is 44.2 Å². The second-order valence-corrected chi connectivity index (χ2v) is 8.04. The van der Waals surface area contributed by atoms with E-state index in [-0.39, 0.29) is 34.7 Å². The van der Waals surface area contributed by atoms with Crippen LogP contribution in [-0.4, -0.2) is 28.5 Å². The first-order chi connectivity index (χ1) is 17.2. The number of alkyl halides is 2. The average Bonchev–Trinajstić information content (AvgIpc) is 3.39. The summed E-state index contributed by atoms with van der Waals surface area (Å²) in [6.45, 7) is 3.15. The monoisotopic (exact) mass is 492 g/mol. The molecule has 2 aromatic heterocycles. The number of aryl methyl sites for hydroxylation is 1. The third-order valence-corrected chi connectivity index (χ3v) is 5.62. The number of nitriles is 1. The predicted molar refractivity (Wildman–Crippen MR) is 124 cm³/mol. The molecule has 0 N–H and O–H groups in total. The van der Waals surface area contributed by atoms with E-state index in [2.05, 4.69) is 20.6 Å². The number of ether oxygens (including phenoxy) is 2. The molecular weight excluding hydrogens is 474 g/mol. The van der Waals surface area contributed by atoms with Crippen molar-refractivity contribution in [2.75, 3.05) is 11.4 Å². The van der Waals surface area contributed by atoms with Gasteiger partial charge in [-0.1, -0.05) is 12.1 Å². The van der Waals surface area contributed by atoms with Gasteiger partial charge < -0.3 is 18.8 Å². The van der Waals surface area contributed by atoms with Crippen molar-refractivity contribution in [2.45, 2.75) is 26.7 Å². The van der Waals surface area contributed by atoms with E-state index in [0.717, 1.165) is 4.68 Å². The minimum atomic E-state index is -3.78. The lowest BCUT2D eigenvalue weighted by Gasteiger charge is -2.21. The first kappa shape index (κ1) is 23.0. The fourth-order valence-electron chi connectivity index (χ4n) is 4.05. The van der Waals surface area contributed by atoms with Crippen molar-refractivity contribution in [1.82, 2.24) is 9.78 Å². The molecule has 11 heteroatoms. The standard InChI is InChI=1S/C25H18F2N4O5/c1-3-30(17-7-8-19-20(11-17)36-25(26,27)35-19)21(32)13-31-24(33)18-9-14(2)34-23(18)22(29-31)16-6-4-5-15(10-16)12-28/h4-11H,3,13H2,1-2H3. The summed E-state index contributed by atoms with van der Waals surface area (Å²) in [5, 5.41) is 13.9. The molecule has 0 aliphatic carbocycles. The van der Waals surface area contributed by atoms with E-state index < -0.39 is 24.3 Å². The van der Waals surface area contributed by atoms with Crippen molar-refractivity contribution in [3.8, 4) is 28.8 Å². The molecule has 2 aromatic carbocycles. The van der Waals surface area contributed by atoms with Gasteiger partial charge in [-0.15, -0.1) is 8.78 Å². The molecular formula is C25H18F2N4O5. The second-order valence-electron chi connectivity index (χ2n) is 8.04. The number of aromatic nitrogens is 2. The summed E-state index contributed by atoms with van der Waals surface area (Å²) >= 11 is 0. The highest BCUT2D eigenvalue weighted by atomic mass is 19.3. The molecule has 9 nitrogen and oxygen atoms in total. The Balaban J connectivity index is 1.53. The van der Waals surface area contributed by atoms with Gasteiger partial charge in [0.2, 0.25) is 5.91 Å². The van der Waals surface area contributed by atoms with Gasteiger partial charge in [0.15, 0.2) is 17.1 Å². The summed E-state index contributed by atoms with van der Waals surface area (Å²) < 4.78 is 42.4. The van der Waals surface area contributed by atoms with Gasteiger partial charge in [0.05, 0.1) is 17.0 Å². The number of nitrogens with zero attached hydrogens (tertiary/aromatic N) is 4. The Labute approximate surface area is 202 Å². The van der Waals surface area contributed by atoms with E-state index in [4.69, 9.17) is 4.42 Å². The molecule has 0 fully saturated rings. The Morgan fingerprint density at radius 2 is 1.94 bits per heavy atom. The van der Waals surface area contributed by atoms with Crippen LogP contribution in [0.2, 0.25) is 0 Å². The maximum absolute atomic E-state index is 13.4. The zero-order valence-corrected chi connectivity index (χ0v) is 19.1. The van der Waals surface area contributed by atoms with Gasteiger partial charge in [0.25, 0.3) is 5.56 Å². The van der Waals surface area contributed by atoms with Crippen LogP contribution < -0.4 is 19.9 Å². The Hall–Kier alpha value is -4.72. The van der Waals surface area contributed by atoms with Crippen LogP contribution in [0.25, 0.3) is 22.2 Å². The van der Waals surface area contributed by atoms with Crippen LogP contribution in [-0.2, 0) is 11.3 Å². The third kappa shape index (κ3) is 4.02. The van der Waals surface area contributed by atoms with E-state index in [1.54, 1.807) is 44.2 Å². The van der Waals surface area contributed by atoms with Crippen LogP contribution in [0.3, 0.4) is 0 Å². The summed E-state index contributed by atoms with van der Waals surface area (Å²) in [6, 6.07) is 14.3. The zero-order valence-electron chi connectivity index (χ0n) is 19.1. The summed E-state index contributed by atoms with van der Waals surface area (Å²) in [5.74, 6) is -0.365. The number of furan rings is 1. The van der Waals surface area contributed by atoms with Crippen LogP contribution >= 0.6 is 0 Å². The molecule has 1 aliphatic rings. The molecule has 0 bridgehead atoms. The molecule has 0 saturated carbocycles. The SMILES string of the molecule is CCN(C(=O)Cn1nc(-c2cccc(C#N)c2)c2oc(C)cc2c1=O)c1ccc2c(c1)OC(F)(F)O2. The summed E-state index contributed by atoms with van der Waals surface area (Å²) in [5.41, 5.74) is 1.24. The van der Waals surface area contributed by atoms with E-state index in [1.165, 1.54) is 23.1 Å². The first-order valence-electron chi connectivity index (χ1n) is 10.9. The van der Waals surface area contributed by atoms with Crippen molar-refractivity contribution < 1.29 is 27.5 Å². The maximum Gasteiger partial charge on any atom is 0.586 e. The number of hydrogen-bond donors (Lipinski definition) is 0. The fraction of sp³-hybridized carbons (Fsp3) is 0.200. The molecule has 0 atom stereocenters. The predicted octanol–water partition coefficient (Wildman–Crippen LogP) is 4.21. The van der Waals surface area contributed by atoms with Crippen LogP contribution in [0.4, 0.5) is 14.5 Å². The molecule has 0 spiro atoms. The highest BCUT2D eigenvalue weighted by molar-refractivity contribution is 5.94. The Bertz CT molecular complexity index is 1620. The number of amides is 1. The number of likely N-dealkylation sites (N-methyl/N-ethyl adjacent to an activating group) is 1. The fourth-order valence-corrected chi connectivity index (χ4v) is 4.05. The molecule has 0 unspecified atom stereocenters. The van der Waals surface area contributed by atoms with Crippen molar-refractivity contribution in [2.24, 2.45) is 0 Å². The zero-order chi connectivity index (χ0) is 25.6. The van der Waals surface area contributed by atoms with Gasteiger partial charge >= 0.3 is 6.29 Å². The van der Waals surface area contributed by atoms with Crippen molar-refractivity contribution in [3.63, 3.8) is 0 Å². The Kier molecular flexibility index (Phi) is 5.44. The number of hydrogen-bond acceptors (Lipinski definition) is 7. The van der Waals surface area contributed by atoms with Crippen molar-refractivity contribution >= 4 is 22.6 Å². The topological polar surface area (TPSA) is 111 Å². The van der Waals surface area contributed by atoms with E-state index >= 15 is 0 Å². The number of anilines is 1. The summed E-state index contributed by atoms with van der Waals surface area (Å²) in [4.78, 5) is 27.7. The van der Waals surface area contributed by atoms with Gasteiger partial charge in [-0.3, -0.25) is 9.59 Å². The average molecular weight is 492 g/mol. The number of benzene rings is 2. The largest absolute Gasteiger partial charge is 0.586 e. The van der Waals surface area contributed by atoms with Crippen molar-refractivity contribution in [1.29, 1.82) is 5.26 Å². The molecule has 36 heavy (non-hydrogen) atoms. The highest BCUT2D eigenvalue weighted by Crippen LogP contribution is 2.42. The van der Waals surface area contributed by atoms with Crippen LogP contribution in [0.15, 0.2) is 57.7 Å².